The van der Waals surface area contributed by atoms with Crippen molar-refractivity contribution in [2.24, 2.45) is 17.6 Å². The highest BCUT2D eigenvalue weighted by molar-refractivity contribution is 5.17. The molecule has 2 N–H and O–H groups in total. The highest BCUT2D eigenvalue weighted by atomic mass is 19.1. The van der Waals surface area contributed by atoms with E-state index in [0.29, 0.717) is 5.92 Å². The highest BCUT2D eigenvalue weighted by Gasteiger charge is 2.23. The molecule has 1 atom stereocenters. The van der Waals surface area contributed by atoms with Crippen molar-refractivity contribution in [2.75, 3.05) is 6.54 Å². The fourth-order valence-electron chi connectivity index (χ4n) is 2.84. The summed E-state index contributed by atoms with van der Waals surface area (Å²) in [4.78, 5) is 0. The zero-order valence-corrected chi connectivity index (χ0v) is 9.66. The summed E-state index contributed by atoms with van der Waals surface area (Å²) in [5, 5.41) is 0. The van der Waals surface area contributed by atoms with Gasteiger partial charge in [0.15, 0.2) is 0 Å². The molecule has 1 aromatic carbocycles. The van der Waals surface area contributed by atoms with Crippen LogP contribution < -0.4 is 5.73 Å². The van der Waals surface area contributed by atoms with E-state index in [1.165, 1.54) is 31.7 Å². The molecule has 2 rings (SSSR count). The van der Waals surface area contributed by atoms with Gasteiger partial charge in [0, 0.05) is 0 Å². The summed E-state index contributed by atoms with van der Waals surface area (Å²) in [6.07, 6.45) is 6.21. The van der Waals surface area contributed by atoms with E-state index in [4.69, 9.17) is 5.73 Å². The maximum absolute atomic E-state index is 13.1. The van der Waals surface area contributed by atoms with Crippen molar-refractivity contribution in [1.82, 2.24) is 0 Å². The lowest BCUT2D eigenvalue weighted by Gasteiger charge is -2.21. The van der Waals surface area contributed by atoms with Crippen molar-refractivity contribution in [3.05, 3.63) is 35.6 Å². The van der Waals surface area contributed by atoms with Crippen LogP contribution in [0.1, 0.15) is 31.2 Å². The van der Waals surface area contributed by atoms with Gasteiger partial charge in [0.2, 0.25) is 0 Å². The molecule has 0 bridgehead atoms. The van der Waals surface area contributed by atoms with Crippen LogP contribution in [-0.2, 0) is 6.42 Å². The van der Waals surface area contributed by atoms with Gasteiger partial charge in [0.1, 0.15) is 5.82 Å². The first-order valence-corrected chi connectivity index (χ1v) is 6.24. The molecular formula is C14H20FN. The summed E-state index contributed by atoms with van der Waals surface area (Å²) in [7, 11) is 0. The number of hydrogen-bond acceptors (Lipinski definition) is 1. The molecule has 1 fully saturated rings. The smallest absolute Gasteiger partial charge is 0.123 e. The lowest BCUT2D eigenvalue weighted by Crippen LogP contribution is -2.24. The summed E-state index contributed by atoms with van der Waals surface area (Å²) < 4.78 is 13.1. The second-order valence-electron chi connectivity index (χ2n) is 4.87. The molecular weight excluding hydrogens is 201 g/mol. The molecule has 88 valence electrons. The molecule has 0 aromatic heterocycles. The van der Waals surface area contributed by atoms with Crippen LogP contribution in [-0.4, -0.2) is 6.54 Å². The van der Waals surface area contributed by atoms with Gasteiger partial charge in [0.25, 0.3) is 0 Å². The first-order chi connectivity index (χ1) is 7.79. The van der Waals surface area contributed by atoms with E-state index in [2.05, 4.69) is 0 Å². The van der Waals surface area contributed by atoms with E-state index in [0.717, 1.165) is 24.4 Å². The van der Waals surface area contributed by atoms with Gasteiger partial charge < -0.3 is 5.73 Å². The van der Waals surface area contributed by atoms with Gasteiger partial charge in [-0.1, -0.05) is 37.8 Å². The lowest BCUT2D eigenvalue weighted by molar-refractivity contribution is 0.344. The molecule has 1 aliphatic rings. The summed E-state index contributed by atoms with van der Waals surface area (Å²) in [6, 6.07) is 6.92. The Hall–Kier alpha value is -0.890. The minimum absolute atomic E-state index is 0.139. The fourth-order valence-corrected chi connectivity index (χ4v) is 2.84. The highest BCUT2D eigenvalue weighted by Crippen LogP contribution is 2.32. The number of benzene rings is 1. The second kappa shape index (κ2) is 5.44. The molecule has 0 heterocycles. The van der Waals surface area contributed by atoms with Crippen LogP contribution >= 0.6 is 0 Å². The maximum Gasteiger partial charge on any atom is 0.123 e. The third-order valence-corrected chi connectivity index (χ3v) is 3.76. The van der Waals surface area contributed by atoms with Crippen LogP contribution in [0, 0.1) is 17.7 Å². The van der Waals surface area contributed by atoms with Crippen molar-refractivity contribution < 1.29 is 4.39 Å². The molecule has 0 radical (unpaired) electrons. The first-order valence-electron chi connectivity index (χ1n) is 6.24. The molecule has 0 amide bonds. The predicted octanol–water partition coefficient (Wildman–Crippen LogP) is 3.13. The second-order valence-corrected chi connectivity index (χ2v) is 4.87. The largest absolute Gasteiger partial charge is 0.330 e. The topological polar surface area (TPSA) is 26.0 Å². The van der Waals surface area contributed by atoms with Crippen LogP contribution in [0.3, 0.4) is 0 Å². The van der Waals surface area contributed by atoms with Gasteiger partial charge in [-0.2, -0.15) is 0 Å². The van der Waals surface area contributed by atoms with Gasteiger partial charge in [-0.3, -0.25) is 0 Å². The Labute approximate surface area is 96.9 Å². The molecule has 1 saturated carbocycles. The minimum atomic E-state index is -0.139. The molecule has 0 saturated heterocycles. The van der Waals surface area contributed by atoms with Crippen molar-refractivity contribution in [2.45, 2.75) is 32.1 Å². The Balaban J connectivity index is 2.00. The van der Waals surface area contributed by atoms with Gasteiger partial charge in [-0.25, -0.2) is 4.39 Å². The quantitative estimate of drug-likeness (QED) is 0.830. The van der Waals surface area contributed by atoms with Crippen molar-refractivity contribution in [1.29, 1.82) is 0 Å². The van der Waals surface area contributed by atoms with E-state index in [9.17, 15) is 4.39 Å². The third kappa shape index (κ3) is 2.82. The van der Waals surface area contributed by atoms with E-state index in [1.807, 2.05) is 6.07 Å². The van der Waals surface area contributed by atoms with Crippen LogP contribution in [0.25, 0.3) is 0 Å². The standard InChI is InChI=1S/C14H20FN/c15-14-7-3-4-11(9-14)8-13(10-16)12-5-1-2-6-12/h3-4,7,9,12-13H,1-2,5-6,8,10,16H2. The summed E-state index contributed by atoms with van der Waals surface area (Å²) in [5.74, 6) is 1.15. The maximum atomic E-state index is 13.1. The van der Waals surface area contributed by atoms with Gasteiger partial charge >= 0.3 is 0 Å². The average molecular weight is 221 g/mol. The minimum Gasteiger partial charge on any atom is -0.330 e. The molecule has 1 aliphatic carbocycles. The molecule has 1 unspecified atom stereocenters. The van der Waals surface area contributed by atoms with E-state index in [1.54, 1.807) is 12.1 Å². The van der Waals surface area contributed by atoms with E-state index in [-0.39, 0.29) is 5.82 Å². The average Bonchev–Trinajstić information content (AvgIpc) is 2.79. The summed E-state index contributed by atoms with van der Waals surface area (Å²) in [6.45, 7) is 0.723. The molecule has 2 heteroatoms. The van der Waals surface area contributed by atoms with E-state index >= 15 is 0 Å². The van der Waals surface area contributed by atoms with Crippen LogP contribution in [0.15, 0.2) is 24.3 Å². The monoisotopic (exact) mass is 221 g/mol. The van der Waals surface area contributed by atoms with Crippen molar-refractivity contribution in [3.8, 4) is 0 Å². The number of rotatable bonds is 4. The molecule has 16 heavy (non-hydrogen) atoms. The predicted molar refractivity (Wildman–Crippen MR) is 64.6 cm³/mol. The lowest BCUT2D eigenvalue weighted by atomic mass is 9.86. The van der Waals surface area contributed by atoms with E-state index < -0.39 is 0 Å². The van der Waals surface area contributed by atoms with Crippen molar-refractivity contribution >= 4 is 0 Å². The Morgan fingerprint density at radius 2 is 2.06 bits per heavy atom. The number of hydrogen-bond donors (Lipinski definition) is 1. The van der Waals surface area contributed by atoms with Crippen molar-refractivity contribution in [3.63, 3.8) is 0 Å². The van der Waals surface area contributed by atoms with Gasteiger partial charge in [-0.05, 0) is 42.5 Å². The Kier molecular flexibility index (Phi) is 3.94. The SMILES string of the molecule is NCC(Cc1cccc(F)c1)C1CCCC1. The van der Waals surface area contributed by atoms with Gasteiger partial charge in [0.05, 0.1) is 0 Å². The Morgan fingerprint density at radius 3 is 2.69 bits per heavy atom. The zero-order chi connectivity index (χ0) is 11.4. The molecule has 0 spiro atoms. The van der Waals surface area contributed by atoms with Gasteiger partial charge in [-0.15, -0.1) is 0 Å². The van der Waals surface area contributed by atoms with Crippen LogP contribution in [0.2, 0.25) is 0 Å². The number of halogens is 1. The molecule has 0 aliphatic heterocycles. The molecule has 1 aromatic rings. The third-order valence-electron chi connectivity index (χ3n) is 3.76. The summed E-state index contributed by atoms with van der Waals surface area (Å²) in [5.41, 5.74) is 6.93. The zero-order valence-electron chi connectivity index (χ0n) is 9.66. The molecule has 1 nitrogen and oxygen atoms in total. The fraction of sp³-hybridized carbons (Fsp3) is 0.571. The number of nitrogens with two attached hydrogens (primary N) is 1. The Morgan fingerprint density at radius 1 is 1.31 bits per heavy atom. The first kappa shape index (κ1) is 11.6. The normalized spacial score (nSPS) is 18.9. The van der Waals surface area contributed by atoms with Crippen LogP contribution in [0.4, 0.5) is 4.39 Å². The Bertz CT molecular complexity index is 331. The summed E-state index contributed by atoms with van der Waals surface area (Å²) >= 11 is 0. The van der Waals surface area contributed by atoms with Crippen LogP contribution in [0.5, 0.6) is 0 Å².